The van der Waals surface area contributed by atoms with E-state index in [0.29, 0.717) is 0 Å². The van der Waals surface area contributed by atoms with Crippen LogP contribution in [0.5, 0.6) is 0 Å². The zero-order chi connectivity index (χ0) is 16.8. The second-order valence-corrected chi connectivity index (χ2v) is 5.75. The number of carboxylic acid groups (broad SMARTS) is 1. The fraction of sp³-hybridized carbons (Fsp3) is 0.667. The number of carbonyl (C=O) groups is 4. The molecule has 4 amide bonds. The lowest BCUT2D eigenvalue weighted by atomic mass is 9.85. The number of primary amides is 2. The molecule has 0 saturated carbocycles. The van der Waals surface area contributed by atoms with E-state index in [2.05, 4.69) is 5.32 Å². The predicted molar refractivity (Wildman–Crippen MR) is 74.0 cm³/mol. The summed E-state index contributed by atoms with van der Waals surface area (Å²) in [7, 11) is 0. The van der Waals surface area contributed by atoms with Gasteiger partial charge in [0.2, 0.25) is 11.8 Å². The molecule has 0 aromatic heterocycles. The van der Waals surface area contributed by atoms with Crippen molar-refractivity contribution < 1.29 is 24.3 Å². The van der Waals surface area contributed by atoms with E-state index in [1.165, 1.54) is 0 Å². The van der Waals surface area contributed by atoms with Crippen molar-refractivity contribution in [3.63, 3.8) is 0 Å². The molecule has 21 heavy (non-hydrogen) atoms. The largest absolute Gasteiger partial charge is 0.481 e. The maximum Gasteiger partial charge on any atom is 0.318 e. The first kappa shape index (κ1) is 18.7. The molecule has 6 N–H and O–H groups in total. The van der Waals surface area contributed by atoms with Crippen LogP contribution in [0, 0.1) is 5.41 Å². The number of nitrogens with zero attached hydrogens (tertiary/aromatic N) is 1. The molecule has 0 saturated heterocycles. The summed E-state index contributed by atoms with van der Waals surface area (Å²) in [5, 5.41) is 11.4. The van der Waals surface area contributed by atoms with E-state index in [0.717, 1.165) is 4.90 Å². The van der Waals surface area contributed by atoms with Gasteiger partial charge in [0.1, 0.15) is 13.1 Å². The summed E-state index contributed by atoms with van der Waals surface area (Å²) in [4.78, 5) is 45.6. The fourth-order valence-corrected chi connectivity index (χ4v) is 1.56. The van der Waals surface area contributed by atoms with Crippen LogP contribution in [0.4, 0.5) is 4.79 Å². The van der Waals surface area contributed by atoms with Crippen molar-refractivity contribution in [3.8, 4) is 0 Å². The Kier molecular flexibility index (Phi) is 6.64. The number of urea groups is 1. The molecule has 0 heterocycles. The first-order chi connectivity index (χ1) is 9.43. The van der Waals surface area contributed by atoms with E-state index in [-0.39, 0.29) is 6.42 Å². The topological polar surface area (TPSA) is 156 Å². The lowest BCUT2D eigenvalue weighted by molar-refractivity contribution is -0.138. The molecule has 0 aromatic carbocycles. The maximum atomic E-state index is 12.1. The minimum Gasteiger partial charge on any atom is -0.481 e. The molecule has 0 bridgehead atoms. The van der Waals surface area contributed by atoms with E-state index < -0.39 is 48.4 Å². The molecule has 120 valence electrons. The number of carboxylic acids is 1. The van der Waals surface area contributed by atoms with Crippen LogP contribution in [0.2, 0.25) is 0 Å². The first-order valence-electron chi connectivity index (χ1n) is 6.27. The van der Waals surface area contributed by atoms with E-state index >= 15 is 0 Å². The second-order valence-electron chi connectivity index (χ2n) is 5.75. The van der Waals surface area contributed by atoms with Crippen molar-refractivity contribution in [2.45, 2.75) is 33.2 Å². The van der Waals surface area contributed by atoms with E-state index in [4.69, 9.17) is 16.6 Å². The fourth-order valence-electron chi connectivity index (χ4n) is 1.56. The van der Waals surface area contributed by atoms with Crippen LogP contribution in [0.3, 0.4) is 0 Å². The van der Waals surface area contributed by atoms with E-state index in [9.17, 15) is 19.2 Å². The molecule has 9 nitrogen and oxygen atoms in total. The van der Waals surface area contributed by atoms with Gasteiger partial charge in [-0.15, -0.1) is 0 Å². The molecule has 9 heteroatoms. The highest BCUT2D eigenvalue weighted by atomic mass is 16.4. The Morgan fingerprint density at radius 2 is 1.52 bits per heavy atom. The molecule has 0 spiro atoms. The summed E-state index contributed by atoms with van der Waals surface area (Å²) in [6.07, 6.45) is -0.295. The van der Waals surface area contributed by atoms with Crippen molar-refractivity contribution in [1.29, 1.82) is 0 Å². The summed E-state index contributed by atoms with van der Waals surface area (Å²) >= 11 is 0. The Hall–Kier alpha value is -2.32. The van der Waals surface area contributed by atoms with Gasteiger partial charge in [-0.05, 0) is 5.41 Å². The summed E-state index contributed by atoms with van der Waals surface area (Å²) < 4.78 is 0. The van der Waals surface area contributed by atoms with Crippen molar-refractivity contribution in [1.82, 2.24) is 10.2 Å². The summed E-state index contributed by atoms with van der Waals surface area (Å²) in [6, 6.07) is -1.46. The molecular formula is C12H22N4O5. The molecular weight excluding hydrogens is 280 g/mol. The number of hydrogen-bond donors (Lipinski definition) is 4. The second kappa shape index (κ2) is 7.46. The number of aliphatic carboxylic acids is 1. The SMILES string of the molecule is CC(C)(C)C(CC(=O)O)NC(=O)N(CC(N)=O)CC(N)=O. The third-order valence-electron chi connectivity index (χ3n) is 2.70. The highest BCUT2D eigenvalue weighted by Crippen LogP contribution is 2.22. The minimum atomic E-state index is -1.08. The van der Waals surface area contributed by atoms with Crippen molar-refractivity contribution in [2.75, 3.05) is 13.1 Å². The summed E-state index contributed by atoms with van der Waals surface area (Å²) in [6.45, 7) is 4.30. The number of nitrogens with two attached hydrogens (primary N) is 2. The Balaban J connectivity index is 5.01. The molecule has 1 atom stereocenters. The van der Waals surface area contributed by atoms with Crippen molar-refractivity contribution >= 4 is 23.8 Å². The summed E-state index contributed by atoms with van der Waals surface area (Å²) in [5.74, 6) is -2.69. The van der Waals surface area contributed by atoms with Gasteiger partial charge in [-0.25, -0.2) is 4.79 Å². The smallest absolute Gasteiger partial charge is 0.318 e. The lowest BCUT2D eigenvalue weighted by Crippen LogP contribution is -2.53. The van der Waals surface area contributed by atoms with Crippen LogP contribution < -0.4 is 16.8 Å². The van der Waals surface area contributed by atoms with Gasteiger partial charge in [0.15, 0.2) is 0 Å². The van der Waals surface area contributed by atoms with Gasteiger partial charge in [0.25, 0.3) is 0 Å². The molecule has 0 fully saturated rings. The van der Waals surface area contributed by atoms with Crippen LogP contribution in [-0.4, -0.2) is 53.0 Å². The van der Waals surface area contributed by atoms with E-state index in [1.807, 2.05) is 0 Å². The van der Waals surface area contributed by atoms with Crippen molar-refractivity contribution in [3.05, 3.63) is 0 Å². The molecule has 0 radical (unpaired) electrons. The van der Waals surface area contributed by atoms with Gasteiger partial charge in [-0.1, -0.05) is 20.8 Å². The lowest BCUT2D eigenvalue weighted by Gasteiger charge is -2.32. The van der Waals surface area contributed by atoms with Crippen LogP contribution in [0.25, 0.3) is 0 Å². The van der Waals surface area contributed by atoms with E-state index in [1.54, 1.807) is 20.8 Å². The van der Waals surface area contributed by atoms with Gasteiger partial charge in [0, 0.05) is 6.04 Å². The first-order valence-corrected chi connectivity index (χ1v) is 6.27. The Morgan fingerprint density at radius 1 is 1.10 bits per heavy atom. The van der Waals surface area contributed by atoms with Crippen LogP contribution in [0.15, 0.2) is 0 Å². The highest BCUT2D eigenvalue weighted by Gasteiger charge is 2.30. The third-order valence-corrected chi connectivity index (χ3v) is 2.70. The normalized spacial score (nSPS) is 12.3. The standard InChI is InChI=1S/C12H22N4O5/c1-12(2,3)7(4-10(19)20)15-11(21)16(5-8(13)17)6-9(14)18/h7H,4-6H2,1-3H3,(H2,13,17)(H2,14,18)(H,15,21)(H,19,20). The van der Waals surface area contributed by atoms with Gasteiger partial charge >= 0.3 is 12.0 Å². The van der Waals surface area contributed by atoms with Gasteiger partial charge in [0.05, 0.1) is 6.42 Å². The average Bonchev–Trinajstić information content (AvgIpc) is 2.23. The zero-order valence-electron chi connectivity index (χ0n) is 12.4. The maximum absolute atomic E-state index is 12.1. The zero-order valence-corrected chi connectivity index (χ0v) is 12.4. The molecule has 0 aliphatic carbocycles. The van der Waals surface area contributed by atoms with Gasteiger partial charge in [-0.2, -0.15) is 0 Å². The minimum absolute atomic E-state index is 0.295. The van der Waals surface area contributed by atoms with Crippen LogP contribution in [0.1, 0.15) is 27.2 Å². The average molecular weight is 302 g/mol. The Labute approximate surface area is 122 Å². The number of carbonyl (C=O) groups excluding carboxylic acids is 3. The Morgan fingerprint density at radius 3 is 1.81 bits per heavy atom. The quantitative estimate of drug-likeness (QED) is 0.467. The van der Waals surface area contributed by atoms with Crippen molar-refractivity contribution in [2.24, 2.45) is 16.9 Å². The molecule has 0 aromatic rings. The number of amides is 4. The molecule has 0 aliphatic heterocycles. The molecule has 1 unspecified atom stereocenters. The number of nitrogens with one attached hydrogen (secondary N) is 1. The predicted octanol–water partition coefficient (Wildman–Crippen LogP) is -1.14. The van der Waals surface area contributed by atoms with Gasteiger partial charge in [-0.3, -0.25) is 14.4 Å². The molecule has 0 rings (SSSR count). The monoisotopic (exact) mass is 302 g/mol. The third kappa shape index (κ3) is 7.75. The number of hydrogen-bond acceptors (Lipinski definition) is 4. The Bertz CT molecular complexity index is 414. The molecule has 0 aliphatic rings. The van der Waals surface area contributed by atoms with Gasteiger partial charge < -0.3 is 26.8 Å². The van der Waals surface area contributed by atoms with Crippen LogP contribution >= 0.6 is 0 Å². The van der Waals surface area contributed by atoms with Crippen LogP contribution in [-0.2, 0) is 14.4 Å². The highest BCUT2D eigenvalue weighted by molar-refractivity contribution is 5.87. The summed E-state index contributed by atoms with van der Waals surface area (Å²) in [5.41, 5.74) is 9.47. The number of rotatable bonds is 7.